The molecule has 0 bridgehead atoms. The lowest BCUT2D eigenvalue weighted by Gasteiger charge is -2.39. The highest BCUT2D eigenvalue weighted by Crippen LogP contribution is 2.60. The summed E-state index contributed by atoms with van der Waals surface area (Å²) in [4.78, 5) is 43.8. The molecular formula is C32H38Cl2FN3O4. The van der Waals surface area contributed by atoms with Crippen molar-refractivity contribution in [2.24, 2.45) is 11.3 Å². The molecule has 2 aromatic carbocycles. The number of anilines is 1. The maximum absolute atomic E-state index is 16.1. The predicted molar refractivity (Wildman–Crippen MR) is 161 cm³/mol. The molecule has 1 spiro atoms. The molecule has 1 saturated heterocycles. The summed E-state index contributed by atoms with van der Waals surface area (Å²) in [6.45, 7) is 7.77. The van der Waals surface area contributed by atoms with Crippen molar-refractivity contribution in [3.63, 3.8) is 0 Å². The number of nitrogens with one attached hydrogen (secondary N) is 2. The highest BCUT2D eigenvalue weighted by molar-refractivity contribution is 6.31. The zero-order chi connectivity index (χ0) is 30.6. The van der Waals surface area contributed by atoms with Crippen LogP contribution in [0.25, 0.3) is 0 Å². The van der Waals surface area contributed by atoms with Crippen LogP contribution >= 0.6 is 23.2 Å². The van der Waals surface area contributed by atoms with E-state index >= 15 is 4.39 Å². The number of hydrogen-bond acceptors (Lipinski definition) is 4. The van der Waals surface area contributed by atoms with Crippen LogP contribution in [0.2, 0.25) is 10.0 Å². The Balaban J connectivity index is 1.72. The van der Waals surface area contributed by atoms with Crippen LogP contribution in [-0.2, 0) is 19.8 Å². The molecule has 3 aliphatic rings. The second kappa shape index (κ2) is 11.4. The van der Waals surface area contributed by atoms with Crippen LogP contribution in [0.3, 0.4) is 0 Å². The first-order valence-corrected chi connectivity index (χ1v) is 15.3. The zero-order valence-electron chi connectivity index (χ0n) is 24.3. The van der Waals surface area contributed by atoms with Crippen LogP contribution in [0.5, 0.6) is 0 Å². The van der Waals surface area contributed by atoms with Crippen LogP contribution < -0.4 is 10.6 Å². The van der Waals surface area contributed by atoms with E-state index in [1.54, 1.807) is 30.3 Å². The summed E-state index contributed by atoms with van der Waals surface area (Å²) in [7, 11) is 0. The van der Waals surface area contributed by atoms with Crippen molar-refractivity contribution in [3.05, 3.63) is 63.4 Å². The van der Waals surface area contributed by atoms with E-state index in [2.05, 4.69) is 10.6 Å². The number of rotatable bonds is 5. The first-order valence-electron chi connectivity index (χ1n) is 14.6. The van der Waals surface area contributed by atoms with Gasteiger partial charge in [0, 0.05) is 30.1 Å². The molecule has 3 N–H and O–H groups in total. The van der Waals surface area contributed by atoms with Crippen LogP contribution in [0, 0.1) is 17.2 Å². The van der Waals surface area contributed by atoms with Crippen molar-refractivity contribution in [3.8, 4) is 0 Å². The Morgan fingerprint density at radius 1 is 1.14 bits per heavy atom. The molecule has 4 atom stereocenters. The smallest absolute Gasteiger partial charge is 0.243 e. The fourth-order valence-corrected chi connectivity index (χ4v) is 7.76. The molecule has 2 aromatic rings. The Kier molecular flexibility index (Phi) is 8.38. The maximum Gasteiger partial charge on any atom is 0.243 e. The topological polar surface area (TPSA) is 98.7 Å². The lowest BCUT2D eigenvalue weighted by atomic mass is 9.62. The molecule has 0 unspecified atom stereocenters. The van der Waals surface area contributed by atoms with E-state index in [9.17, 15) is 19.5 Å². The number of carbonyl (C=O) groups excluding carboxylic acids is 3. The highest BCUT2D eigenvalue weighted by atomic mass is 35.5. The molecule has 7 nitrogen and oxygen atoms in total. The van der Waals surface area contributed by atoms with Gasteiger partial charge in [0.2, 0.25) is 17.7 Å². The van der Waals surface area contributed by atoms with Crippen LogP contribution in [-0.4, -0.2) is 52.5 Å². The maximum atomic E-state index is 16.1. The standard InChI is InChI=1S/C32H38Cl2FN3O4/c1-17(39)38-25(15-31(2,3)4)32(22-13-10-19(33)14-24(22)37-30(32)42)26(21-6-5-7-23(34)27(21)35)28(38)29(41)36-16-18-8-11-20(40)12-9-18/h5-7,10,13-14,18,20,25-26,28,40H,8-9,11-12,15-16H2,1-4H3,(H,36,41)(H,37,42)/t18-,20-,25-,26-,28+,32+/m0/s1. The van der Waals surface area contributed by atoms with Gasteiger partial charge in [-0.05, 0) is 72.8 Å². The van der Waals surface area contributed by atoms with E-state index in [1.165, 1.54) is 17.9 Å². The van der Waals surface area contributed by atoms with E-state index in [-0.39, 0.29) is 33.9 Å². The largest absolute Gasteiger partial charge is 0.393 e. The number of likely N-dealkylation sites (tertiary alicyclic amines) is 1. The van der Waals surface area contributed by atoms with E-state index in [1.807, 2.05) is 20.8 Å². The van der Waals surface area contributed by atoms with E-state index < -0.39 is 41.0 Å². The summed E-state index contributed by atoms with van der Waals surface area (Å²) in [6, 6.07) is 7.67. The summed E-state index contributed by atoms with van der Waals surface area (Å²) in [5.74, 6) is -2.89. The van der Waals surface area contributed by atoms with E-state index in [0.717, 1.165) is 12.8 Å². The minimum absolute atomic E-state index is 0.101. The zero-order valence-corrected chi connectivity index (χ0v) is 25.9. The molecule has 0 radical (unpaired) electrons. The minimum Gasteiger partial charge on any atom is -0.393 e. The fourth-order valence-electron chi connectivity index (χ4n) is 7.41. The molecule has 2 fully saturated rings. The Morgan fingerprint density at radius 2 is 1.83 bits per heavy atom. The molecule has 3 amide bonds. The average molecular weight is 619 g/mol. The van der Waals surface area contributed by atoms with E-state index in [0.29, 0.717) is 42.1 Å². The monoisotopic (exact) mass is 617 g/mol. The van der Waals surface area contributed by atoms with Crippen LogP contribution in [0.15, 0.2) is 36.4 Å². The van der Waals surface area contributed by atoms with Crippen LogP contribution in [0.1, 0.15) is 76.8 Å². The van der Waals surface area contributed by atoms with Gasteiger partial charge in [-0.15, -0.1) is 0 Å². The molecule has 10 heteroatoms. The van der Waals surface area contributed by atoms with Crippen molar-refractivity contribution < 1.29 is 23.9 Å². The van der Waals surface area contributed by atoms with Gasteiger partial charge >= 0.3 is 0 Å². The molecule has 1 aliphatic carbocycles. The summed E-state index contributed by atoms with van der Waals surface area (Å²) in [5, 5.41) is 16.2. The number of aliphatic hydroxyl groups excluding tert-OH is 1. The van der Waals surface area contributed by atoms with Crippen molar-refractivity contribution in [1.29, 1.82) is 0 Å². The fraction of sp³-hybridized carbons (Fsp3) is 0.531. The number of fused-ring (bicyclic) bond motifs is 2. The number of nitrogens with zero attached hydrogens (tertiary/aromatic N) is 1. The van der Waals surface area contributed by atoms with Crippen molar-refractivity contribution >= 4 is 46.6 Å². The van der Waals surface area contributed by atoms with E-state index in [4.69, 9.17) is 23.2 Å². The number of benzene rings is 2. The molecule has 2 aliphatic heterocycles. The molecule has 42 heavy (non-hydrogen) atoms. The van der Waals surface area contributed by atoms with Gasteiger partial charge in [0.25, 0.3) is 0 Å². The number of amides is 3. The van der Waals surface area contributed by atoms with Gasteiger partial charge in [0.05, 0.1) is 17.2 Å². The first-order chi connectivity index (χ1) is 19.8. The molecule has 226 valence electrons. The second-order valence-electron chi connectivity index (χ2n) is 13.2. The first kappa shape index (κ1) is 30.8. The lowest BCUT2D eigenvalue weighted by Crippen LogP contribution is -2.52. The van der Waals surface area contributed by atoms with Crippen molar-refractivity contribution in [1.82, 2.24) is 10.2 Å². The molecule has 1 saturated carbocycles. The number of hydrogen-bond donors (Lipinski definition) is 3. The summed E-state index contributed by atoms with van der Waals surface area (Å²) < 4.78 is 16.1. The minimum atomic E-state index is -1.50. The van der Waals surface area contributed by atoms with Gasteiger partial charge in [-0.3, -0.25) is 14.4 Å². The summed E-state index contributed by atoms with van der Waals surface area (Å²) >= 11 is 12.6. The third-order valence-corrected chi connectivity index (χ3v) is 9.68. The predicted octanol–water partition coefficient (Wildman–Crippen LogP) is 5.81. The van der Waals surface area contributed by atoms with Gasteiger partial charge in [-0.1, -0.05) is 62.2 Å². The number of carbonyl (C=O) groups is 3. The van der Waals surface area contributed by atoms with Gasteiger partial charge in [-0.25, -0.2) is 4.39 Å². The quantitative estimate of drug-likeness (QED) is 0.394. The Bertz CT molecular complexity index is 1400. The Labute approximate surface area is 256 Å². The Hall–Kier alpha value is -2.68. The van der Waals surface area contributed by atoms with Crippen LogP contribution in [0.4, 0.5) is 10.1 Å². The summed E-state index contributed by atoms with van der Waals surface area (Å²) in [5.41, 5.74) is -0.722. The third kappa shape index (κ3) is 5.31. The second-order valence-corrected chi connectivity index (χ2v) is 14.0. The van der Waals surface area contributed by atoms with Gasteiger partial charge < -0.3 is 20.6 Å². The Morgan fingerprint density at radius 3 is 2.48 bits per heavy atom. The number of halogens is 3. The highest BCUT2D eigenvalue weighted by Gasteiger charge is 2.70. The normalized spacial score (nSPS) is 29.0. The van der Waals surface area contributed by atoms with Gasteiger partial charge in [0.15, 0.2) is 0 Å². The summed E-state index contributed by atoms with van der Waals surface area (Å²) in [6.07, 6.45) is 2.89. The lowest BCUT2D eigenvalue weighted by molar-refractivity contribution is -0.140. The molecular weight excluding hydrogens is 580 g/mol. The molecule has 0 aromatic heterocycles. The van der Waals surface area contributed by atoms with Crippen molar-refractivity contribution in [2.75, 3.05) is 11.9 Å². The average Bonchev–Trinajstić information content (AvgIpc) is 3.36. The molecule has 2 heterocycles. The number of aliphatic hydroxyl groups is 1. The van der Waals surface area contributed by atoms with Gasteiger partial charge in [-0.2, -0.15) is 0 Å². The molecule has 5 rings (SSSR count). The van der Waals surface area contributed by atoms with Gasteiger partial charge in [0.1, 0.15) is 17.3 Å². The third-order valence-electron chi connectivity index (χ3n) is 9.15. The van der Waals surface area contributed by atoms with Crippen molar-refractivity contribution in [2.45, 2.75) is 89.3 Å². The SMILES string of the molecule is CC(=O)N1[C@@H](CC(C)(C)C)[C@@]2(C(=O)Nc3cc(Cl)ccc32)[C@@H](c2cccc(Cl)c2F)[C@@H]1C(=O)NC[C@H]1CC[C@H](O)CC1.